The molecule has 1 fully saturated rings. The van der Waals surface area contributed by atoms with Crippen LogP contribution < -0.4 is 5.73 Å². The molecule has 2 aliphatic heterocycles. The third-order valence-corrected chi connectivity index (χ3v) is 3.43. The van der Waals surface area contributed by atoms with Crippen molar-refractivity contribution in [2.24, 2.45) is 11.7 Å². The third-order valence-electron chi connectivity index (χ3n) is 3.43. The number of fused-ring (bicyclic) bond motifs is 1. The molecule has 0 bridgehead atoms. The highest BCUT2D eigenvalue weighted by atomic mass is 16.5. The fraction of sp³-hybridized carbons (Fsp3) is 0.818. The smallest absolute Gasteiger partial charge is 0.151 e. The second kappa shape index (κ2) is 4.14. The van der Waals surface area contributed by atoms with E-state index in [9.17, 15) is 0 Å². The van der Waals surface area contributed by atoms with Crippen LogP contribution >= 0.6 is 0 Å². The Morgan fingerprint density at radius 1 is 1.44 bits per heavy atom. The summed E-state index contributed by atoms with van der Waals surface area (Å²) >= 11 is 0. The largest absolute Gasteiger partial charge is 0.381 e. The summed E-state index contributed by atoms with van der Waals surface area (Å²) in [5.41, 5.74) is 5.91. The van der Waals surface area contributed by atoms with Gasteiger partial charge in [-0.3, -0.25) is 0 Å². The lowest BCUT2D eigenvalue weighted by atomic mass is 10.1. The van der Waals surface area contributed by atoms with Crippen molar-refractivity contribution in [2.75, 3.05) is 13.2 Å². The lowest BCUT2D eigenvalue weighted by molar-refractivity contribution is 0.185. The average molecular weight is 222 g/mol. The molecule has 0 aromatic carbocycles. The van der Waals surface area contributed by atoms with Gasteiger partial charge in [0, 0.05) is 32.1 Å². The molecule has 2 aliphatic rings. The van der Waals surface area contributed by atoms with Crippen molar-refractivity contribution in [1.29, 1.82) is 0 Å². The van der Waals surface area contributed by atoms with E-state index in [0.717, 1.165) is 57.1 Å². The number of ether oxygens (including phenoxy) is 1. The van der Waals surface area contributed by atoms with Gasteiger partial charge >= 0.3 is 0 Å². The Hall–Kier alpha value is -0.940. The van der Waals surface area contributed by atoms with E-state index >= 15 is 0 Å². The molecular formula is C11H18N4O. The van der Waals surface area contributed by atoms with E-state index in [-0.39, 0.29) is 6.04 Å². The molecule has 0 radical (unpaired) electrons. The van der Waals surface area contributed by atoms with E-state index in [2.05, 4.69) is 10.1 Å². The van der Waals surface area contributed by atoms with Crippen molar-refractivity contribution in [3.05, 3.63) is 11.6 Å². The summed E-state index contributed by atoms with van der Waals surface area (Å²) in [6, 6.07) is 0.247. The molecule has 1 aromatic rings. The Balaban J connectivity index is 1.71. The van der Waals surface area contributed by atoms with E-state index in [0.29, 0.717) is 5.92 Å². The van der Waals surface area contributed by atoms with Crippen LogP contribution in [-0.4, -0.2) is 34.0 Å². The summed E-state index contributed by atoms with van der Waals surface area (Å²) in [5, 5.41) is 4.53. The van der Waals surface area contributed by atoms with Crippen molar-refractivity contribution < 1.29 is 4.74 Å². The van der Waals surface area contributed by atoms with Crippen LogP contribution in [0.1, 0.15) is 24.5 Å². The zero-order chi connectivity index (χ0) is 11.0. The van der Waals surface area contributed by atoms with E-state index in [1.807, 2.05) is 4.68 Å². The zero-order valence-electron chi connectivity index (χ0n) is 9.43. The number of nitrogens with zero attached hydrogens (tertiary/aromatic N) is 3. The minimum Gasteiger partial charge on any atom is -0.381 e. The first kappa shape index (κ1) is 10.2. The molecule has 16 heavy (non-hydrogen) atoms. The van der Waals surface area contributed by atoms with Gasteiger partial charge in [0.05, 0.1) is 6.54 Å². The molecule has 88 valence electrons. The van der Waals surface area contributed by atoms with Gasteiger partial charge in [-0.05, 0) is 18.8 Å². The molecule has 0 amide bonds. The Morgan fingerprint density at radius 2 is 2.38 bits per heavy atom. The van der Waals surface area contributed by atoms with Crippen LogP contribution in [0.5, 0.6) is 0 Å². The second-order valence-electron chi connectivity index (χ2n) is 4.86. The molecule has 0 saturated carbocycles. The molecule has 2 atom stereocenters. The first-order valence-electron chi connectivity index (χ1n) is 6.07. The van der Waals surface area contributed by atoms with Crippen molar-refractivity contribution >= 4 is 0 Å². The standard InChI is InChI=1S/C11H18N4O/c12-9-1-2-11-13-10(14-15(11)6-9)5-8-3-4-16-7-8/h8-9H,1-7,12H2. The third kappa shape index (κ3) is 1.97. The Morgan fingerprint density at radius 3 is 3.19 bits per heavy atom. The van der Waals surface area contributed by atoms with Crippen LogP contribution in [0, 0.1) is 5.92 Å². The first-order valence-corrected chi connectivity index (χ1v) is 6.07. The van der Waals surface area contributed by atoms with Crippen LogP contribution in [-0.2, 0) is 24.1 Å². The summed E-state index contributed by atoms with van der Waals surface area (Å²) in [6.07, 6.45) is 4.10. The monoisotopic (exact) mass is 222 g/mol. The lowest BCUT2D eigenvalue weighted by Gasteiger charge is -2.17. The molecule has 3 heterocycles. The minimum atomic E-state index is 0.247. The molecule has 1 saturated heterocycles. The number of nitrogens with two attached hydrogens (primary N) is 1. The highest BCUT2D eigenvalue weighted by Crippen LogP contribution is 2.18. The molecule has 2 N–H and O–H groups in total. The quantitative estimate of drug-likeness (QED) is 0.772. The van der Waals surface area contributed by atoms with Gasteiger partial charge in [-0.25, -0.2) is 9.67 Å². The molecule has 2 unspecified atom stereocenters. The van der Waals surface area contributed by atoms with Crippen molar-refractivity contribution in [3.63, 3.8) is 0 Å². The van der Waals surface area contributed by atoms with E-state index < -0.39 is 0 Å². The van der Waals surface area contributed by atoms with Crippen LogP contribution in [0.15, 0.2) is 0 Å². The number of aromatic nitrogens is 3. The summed E-state index contributed by atoms with van der Waals surface area (Å²) in [7, 11) is 0. The van der Waals surface area contributed by atoms with Gasteiger partial charge in [-0.15, -0.1) is 0 Å². The molecule has 5 heteroatoms. The molecule has 3 rings (SSSR count). The zero-order valence-corrected chi connectivity index (χ0v) is 9.43. The summed E-state index contributed by atoms with van der Waals surface area (Å²) < 4.78 is 7.35. The number of hydrogen-bond acceptors (Lipinski definition) is 4. The van der Waals surface area contributed by atoms with Gasteiger partial charge < -0.3 is 10.5 Å². The minimum absolute atomic E-state index is 0.247. The SMILES string of the molecule is NC1CCc2nc(CC3CCOC3)nn2C1. The van der Waals surface area contributed by atoms with Gasteiger partial charge in [0.1, 0.15) is 5.82 Å². The number of hydrogen-bond donors (Lipinski definition) is 1. The first-order chi connectivity index (χ1) is 7.81. The summed E-state index contributed by atoms with van der Waals surface area (Å²) in [4.78, 5) is 4.59. The molecule has 0 aliphatic carbocycles. The van der Waals surface area contributed by atoms with Gasteiger partial charge in [-0.2, -0.15) is 5.10 Å². The average Bonchev–Trinajstić information content (AvgIpc) is 2.86. The second-order valence-corrected chi connectivity index (χ2v) is 4.86. The maximum absolute atomic E-state index is 5.91. The Bertz CT molecular complexity index is 370. The molecule has 0 spiro atoms. The molecule has 1 aromatic heterocycles. The van der Waals surface area contributed by atoms with Crippen LogP contribution in [0.4, 0.5) is 0 Å². The molecular weight excluding hydrogens is 204 g/mol. The van der Waals surface area contributed by atoms with E-state index in [4.69, 9.17) is 10.5 Å². The Labute approximate surface area is 95.0 Å². The number of rotatable bonds is 2. The highest BCUT2D eigenvalue weighted by molar-refractivity contribution is 4.99. The van der Waals surface area contributed by atoms with Gasteiger partial charge in [-0.1, -0.05) is 0 Å². The maximum atomic E-state index is 5.91. The van der Waals surface area contributed by atoms with Crippen LogP contribution in [0.25, 0.3) is 0 Å². The predicted molar refractivity (Wildman–Crippen MR) is 58.9 cm³/mol. The Kier molecular flexibility index (Phi) is 2.65. The topological polar surface area (TPSA) is 66.0 Å². The maximum Gasteiger partial charge on any atom is 0.151 e. The van der Waals surface area contributed by atoms with Gasteiger partial charge in [0.25, 0.3) is 0 Å². The molecule has 5 nitrogen and oxygen atoms in total. The lowest BCUT2D eigenvalue weighted by Crippen LogP contribution is -2.32. The van der Waals surface area contributed by atoms with E-state index in [1.54, 1.807) is 0 Å². The van der Waals surface area contributed by atoms with Crippen LogP contribution in [0.2, 0.25) is 0 Å². The van der Waals surface area contributed by atoms with Gasteiger partial charge in [0.2, 0.25) is 0 Å². The van der Waals surface area contributed by atoms with Crippen LogP contribution in [0.3, 0.4) is 0 Å². The van der Waals surface area contributed by atoms with Crippen molar-refractivity contribution in [1.82, 2.24) is 14.8 Å². The van der Waals surface area contributed by atoms with Crippen molar-refractivity contribution in [2.45, 2.75) is 38.3 Å². The summed E-state index contributed by atoms with van der Waals surface area (Å²) in [6.45, 7) is 2.58. The predicted octanol–water partition coefficient (Wildman–Crippen LogP) is 0.131. The highest BCUT2D eigenvalue weighted by Gasteiger charge is 2.22. The fourth-order valence-electron chi connectivity index (χ4n) is 2.47. The van der Waals surface area contributed by atoms with E-state index in [1.165, 1.54) is 0 Å². The fourth-order valence-corrected chi connectivity index (χ4v) is 2.47. The van der Waals surface area contributed by atoms with Crippen molar-refractivity contribution in [3.8, 4) is 0 Å². The summed E-state index contributed by atoms with van der Waals surface area (Å²) in [5.74, 6) is 2.69. The van der Waals surface area contributed by atoms with Gasteiger partial charge in [0.15, 0.2) is 5.82 Å². The normalized spacial score (nSPS) is 29.3. The number of aryl methyl sites for hydroxylation is 1.